The number of urea groups is 1. The zero-order valence-corrected chi connectivity index (χ0v) is 26.7. The van der Waals surface area contributed by atoms with Gasteiger partial charge < -0.3 is 24.0 Å². The largest absolute Gasteiger partial charge is 0.478 e. The van der Waals surface area contributed by atoms with E-state index in [0.717, 1.165) is 18.2 Å². The second kappa shape index (κ2) is 14.2. The molecule has 256 valence electrons. The van der Waals surface area contributed by atoms with E-state index >= 15 is 8.78 Å². The number of nitriles is 1. The highest BCUT2D eigenvalue weighted by Crippen LogP contribution is 2.33. The molecule has 0 saturated carbocycles. The molecule has 5 aromatic rings. The van der Waals surface area contributed by atoms with E-state index in [2.05, 4.69) is 15.4 Å². The van der Waals surface area contributed by atoms with Gasteiger partial charge in [0.15, 0.2) is 0 Å². The molecule has 12 nitrogen and oxygen atoms in total. The number of hydrogen-bond donors (Lipinski definition) is 2. The highest BCUT2D eigenvalue weighted by molar-refractivity contribution is 5.92. The Balaban J connectivity index is 1.31. The van der Waals surface area contributed by atoms with Crippen molar-refractivity contribution in [2.45, 2.75) is 25.2 Å². The predicted octanol–water partition coefficient (Wildman–Crippen LogP) is 5.40. The normalized spacial score (nSPS) is 15.6. The van der Waals surface area contributed by atoms with Crippen LogP contribution in [-0.2, 0) is 22.6 Å². The number of hydrogen-bond acceptors (Lipinski definition) is 8. The van der Waals surface area contributed by atoms with Crippen LogP contribution in [0.25, 0.3) is 22.3 Å². The summed E-state index contributed by atoms with van der Waals surface area (Å²) in [4.78, 5) is 39.6. The summed E-state index contributed by atoms with van der Waals surface area (Å²) in [7, 11) is 2.78. The van der Waals surface area contributed by atoms with Crippen LogP contribution in [0.15, 0.2) is 66.7 Å². The third-order valence-corrected chi connectivity index (χ3v) is 8.40. The zero-order valence-electron chi connectivity index (χ0n) is 26.7. The fraction of sp³-hybridized carbons (Fsp3) is 0.229. The Morgan fingerprint density at radius 2 is 1.78 bits per heavy atom. The predicted molar refractivity (Wildman–Crippen MR) is 171 cm³/mol. The zero-order chi connectivity index (χ0) is 35.5. The Labute approximate surface area is 283 Å². The van der Waals surface area contributed by atoms with E-state index in [1.165, 1.54) is 67.7 Å². The number of benzene rings is 3. The van der Waals surface area contributed by atoms with Gasteiger partial charge in [-0.05, 0) is 54.1 Å². The first-order chi connectivity index (χ1) is 24.1. The summed E-state index contributed by atoms with van der Waals surface area (Å²) >= 11 is 0. The molecule has 1 fully saturated rings. The lowest BCUT2D eigenvalue weighted by Gasteiger charge is -2.22. The summed E-state index contributed by atoms with van der Waals surface area (Å²) in [5, 5.41) is 18.6. The molecule has 2 amide bonds. The van der Waals surface area contributed by atoms with Crippen molar-refractivity contribution < 1.29 is 42.2 Å². The van der Waals surface area contributed by atoms with Gasteiger partial charge in [-0.2, -0.15) is 5.26 Å². The average molecular weight is 687 g/mol. The van der Waals surface area contributed by atoms with Crippen LogP contribution in [0.3, 0.4) is 0 Å². The third kappa shape index (κ3) is 6.79. The minimum absolute atomic E-state index is 0.00604. The van der Waals surface area contributed by atoms with Crippen molar-refractivity contribution in [3.8, 4) is 23.2 Å². The number of nitrogens with zero attached hydrogens (tertiary/aromatic N) is 5. The van der Waals surface area contributed by atoms with E-state index < -0.39 is 41.6 Å². The van der Waals surface area contributed by atoms with E-state index in [4.69, 9.17) is 19.6 Å². The summed E-state index contributed by atoms with van der Waals surface area (Å²) in [5.41, 5.74) is 3.33. The van der Waals surface area contributed by atoms with E-state index in [1.54, 1.807) is 4.57 Å². The van der Waals surface area contributed by atoms with Crippen LogP contribution < -0.4 is 10.2 Å². The number of nitrogens with one attached hydrogen (secondary N) is 1. The van der Waals surface area contributed by atoms with Crippen LogP contribution in [0.5, 0.6) is 5.88 Å². The quantitative estimate of drug-likeness (QED) is 0.184. The van der Waals surface area contributed by atoms with E-state index in [1.807, 2.05) is 6.07 Å². The number of amides is 2. The Kier molecular flexibility index (Phi) is 9.66. The van der Waals surface area contributed by atoms with Crippen LogP contribution in [0.1, 0.15) is 38.9 Å². The fourth-order valence-corrected chi connectivity index (χ4v) is 5.95. The Morgan fingerprint density at radius 1 is 0.980 bits per heavy atom. The van der Waals surface area contributed by atoms with Crippen molar-refractivity contribution in [3.63, 3.8) is 0 Å². The molecule has 2 aromatic heterocycles. The number of ether oxygens (including phenoxy) is 2. The number of carbonyl (C=O) groups excluding carboxylic acids is 1. The number of hydroxylamine groups is 1. The molecule has 2 N–H and O–H groups in total. The second-order valence-corrected chi connectivity index (χ2v) is 11.4. The summed E-state index contributed by atoms with van der Waals surface area (Å²) < 4.78 is 58.8. The van der Waals surface area contributed by atoms with Gasteiger partial charge in [0.1, 0.15) is 29.9 Å². The Bertz CT molecular complexity index is 2150. The molecule has 50 heavy (non-hydrogen) atoms. The molecule has 3 aromatic carbocycles. The number of aromatic nitrogens is 3. The van der Waals surface area contributed by atoms with Crippen molar-refractivity contribution in [2.75, 3.05) is 27.3 Å². The number of carboxylic acid groups (broad SMARTS) is 1. The highest BCUT2D eigenvalue weighted by atomic mass is 19.1. The molecule has 0 radical (unpaired) electrons. The van der Waals surface area contributed by atoms with Crippen molar-refractivity contribution >= 4 is 23.0 Å². The number of carbonyl (C=O) groups is 2. The molecule has 6 rings (SSSR count). The molecule has 0 aliphatic carbocycles. The van der Waals surface area contributed by atoms with Gasteiger partial charge in [-0.15, -0.1) is 0 Å². The smallest absolute Gasteiger partial charge is 0.341 e. The first kappa shape index (κ1) is 33.9. The molecule has 15 heteroatoms. The number of halogens is 3. The van der Waals surface area contributed by atoms with Crippen LogP contribution in [-0.4, -0.2) is 70.0 Å². The first-order valence-corrected chi connectivity index (χ1v) is 15.2. The lowest BCUT2D eigenvalue weighted by Crippen LogP contribution is -2.38. The maximum atomic E-state index is 15.8. The standard InChI is InChI=1S/C35H29F3N6O6/c1-48-31-17-43(35(47)42-49-2)16-30(31)44-29-12-20(34(45)46)8-9-28(29)40-32(44)13-22-11-26(38)23(14-25(22)37)27-4-3-5-33(41-27)50-18-21-7-6-19(15-39)10-24(21)36/h3-12,14,30-31H,13,16-18H2,1-2H3,(H,42,47)(H,45,46)/t30-,31+/m0/s1. The maximum Gasteiger partial charge on any atom is 0.341 e. The SMILES string of the molecule is CONC(=O)N1C[C@@H](OC)[C@@H](n2c(Cc3cc(F)c(-c4cccc(OCc5ccc(C#N)cc5F)n4)cc3F)nc3ccc(C(=O)O)cc32)C1. The maximum absolute atomic E-state index is 15.8. The van der Waals surface area contributed by atoms with Crippen LogP contribution in [0, 0.1) is 28.8 Å². The van der Waals surface area contributed by atoms with Gasteiger partial charge in [0.2, 0.25) is 5.88 Å². The van der Waals surface area contributed by atoms with Gasteiger partial charge in [-0.3, -0.25) is 4.84 Å². The van der Waals surface area contributed by atoms with E-state index in [9.17, 15) is 19.1 Å². The Morgan fingerprint density at radius 3 is 2.50 bits per heavy atom. The number of imidazole rings is 1. The van der Waals surface area contributed by atoms with Crippen molar-refractivity contribution in [3.05, 3.63) is 112 Å². The molecule has 0 bridgehead atoms. The molecule has 2 atom stereocenters. The molecule has 3 heterocycles. The number of pyridine rings is 1. The van der Waals surface area contributed by atoms with E-state index in [0.29, 0.717) is 11.0 Å². The molecule has 0 spiro atoms. The molecular formula is C35H29F3N6O6. The van der Waals surface area contributed by atoms with Gasteiger partial charge in [0, 0.05) is 37.3 Å². The number of carboxylic acids is 1. The second-order valence-electron chi connectivity index (χ2n) is 11.4. The number of rotatable bonds is 10. The number of aromatic carboxylic acids is 1. The molecule has 1 aliphatic rings. The lowest BCUT2D eigenvalue weighted by atomic mass is 10.0. The minimum atomic E-state index is -1.16. The minimum Gasteiger partial charge on any atom is -0.478 e. The number of methoxy groups -OCH3 is 1. The van der Waals surface area contributed by atoms with Crippen molar-refractivity contribution in [1.82, 2.24) is 24.9 Å². The molecule has 0 unspecified atom stereocenters. The van der Waals surface area contributed by atoms with Crippen molar-refractivity contribution in [1.29, 1.82) is 5.26 Å². The summed E-state index contributed by atoms with van der Waals surface area (Å²) in [6.45, 7) is 0.0869. The van der Waals surface area contributed by atoms with Gasteiger partial charge >= 0.3 is 12.0 Å². The monoisotopic (exact) mass is 686 g/mol. The fourth-order valence-electron chi connectivity index (χ4n) is 5.95. The number of fused-ring (bicyclic) bond motifs is 1. The lowest BCUT2D eigenvalue weighted by molar-refractivity contribution is 0.0696. The Hall–Kier alpha value is -5.98. The molecular weight excluding hydrogens is 657 g/mol. The van der Waals surface area contributed by atoms with E-state index in [-0.39, 0.29) is 71.3 Å². The van der Waals surface area contributed by atoms with Crippen LogP contribution >= 0.6 is 0 Å². The summed E-state index contributed by atoms with van der Waals surface area (Å²) in [5.74, 6) is -2.99. The van der Waals surface area contributed by atoms with Gasteiger partial charge in [-0.25, -0.2) is 38.2 Å². The molecule has 1 aliphatic heterocycles. The first-order valence-electron chi connectivity index (χ1n) is 15.2. The van der Waals surface area contributed by atoms with Crippen LogP contribution in [0.2, 0.25) is 0 Å². The highest BCUT2D eigenvalue weighted by Gasteiger charge is 2.39. The average Bonchev–Trinajstić information content (AvgIpc) is 3.69. The van der Waals surface area contributed by atoms with Gasteiger partial charge in [0.25, 0.3) is 0 Å². The van der Waals surface area contributed by atoms with Crippen LogP contribution in [0.4, 0.5) is 18.0 Å². The number of likely N-dealkylation sites (tertiary alicyclic amines) is 1. The topological polar surface area (TPSA) is 152 Å². The third-order valence-electron chi connectivity index (χ3n) is 8.40. The summed E-state index contributed by atoms with van der Waals surface area (Å²) in [6.07, 6.45) is -0.746. The molecule has 1 saturated heterocycles. The van der Waals surface area contributed by atoms with Crippen molar-refractivity contribution in [2.24, 2.45) is 0 Å². The van der Waals surface area contributed by atoms with Gasteiger partial charge in [-0.1, -0.05) is 12.1 Å². The van der Waals surface area contributed by atoms with Gasteiger partial charge in [0.05, 0.1) is 59.7 Å². The summed E-state index contributed by atoms with van der Waals surface area (Å²) in [6, 6.07) is 15.7.